The Morgan fingerprint density at radius 3 is 2.94 bits per heavy atom. The highest BCUT2D eigenvalue weighted by atomic mass is 15.3. The molecule has 17 heavy (non-hydrogen) atoms. The second-order valence-electron chi connectivity index (χ2n) is 4.70. The van der Waals surface area contributed by atoms with E-state index in [4.69, 9.17) is 5.26 Å². The number of nitriles is 1. The lowest BCUT2D eigenvalue weighted by Gasteiger charge is -2.08. The third kappa shape index (κ3) is 5.04. The number of rotatable bonds is 8. The van der Waals surface area contributed by atoms with Crippen molar-refractivity contribution in [2.45, 2.75) is 64.8 Å². The van der Waals surface area contributed by atoms with Crippen LogP contribution in [0.1, 0.15) is 63.9 Å². The minimum atomic E-state index is 0.534. The molecule has 0 amide bonds. The summed E-state index contributed by atoms with van der Waals surface area (Å²) in [6.07, 6.45) is 11.1. The lowest BCUT2D eigenvalue weighted by molar-refractivity contribution is 0.578. The molecule has 0 saturated heterocycles. The van der Waals surface area contributed by atoms with Gasteiger partial charge in [0.2, 0.25) is 0 Å². The van der Waals surface area contributed by atoms with E-state index < -0.39 is 0 Å². The minimum Gasteiger partial charge on any atom is -0.271 e. The smallest absolute Gasteiger partial charge is 0.0641 e. The standard InChI is InChI=1S/C14H23N3/c1-3-4-5-6-8-13(2)14-11-16-17(12-14)10-7-9-15/h11-13H,3-8,10H2,1-2H3. The van der Waals surface area contributed by atoms with E-state index in [9.17, 15) is 0 Å². The molecule has 1 aromatic heterocycles. The van der Waals surface area contributed by atoms with Crippen molar-refractivity contribution in [2.75, 3.05) is 0 Å². The molecule has 1 unspecified atom stereocenters. The van der Waals surface area contributed by atoms with Crippen LogP contribution in [0, 0.1) is 11.3 Å². The van der Waals surface area contributed by atoms with Gasteiger partial charge in [0, 0.05) is 6.20 Å². The van der Waals surface area contributed by atoms with Crippen LogP contribution in [0.5, 0.6) is 0 Å². The maximum absolute atomic E-state index is 8.52. The summed E-state index contributed by atoms with van der Waals surface area (Å²) in [7, 11) is 0. The SMILES string of the molecule is CCCCCCC(C)c1cnn(CCC#N)c1. The summed E-state index contributed by atoms with van der Waals surface area (Å²) >= 11 is 0. The van der Waals surface area contributed by atoms with Crippen LogP contribution in [0.3, 0.4) is 0 Å². The van der Waals surface area contributed by atoms with Gasteiger partial charge in [0.1, 0.15) is 0 Å². The van der Waals surface area contributed by atoms with Crippen LogP contribution in [-0.4, -0.2) is 9.78 Å². The third-order valence-corrected chi connectivity index (χ3v) is 3.17. The van der Waals surface area contributed by atoms with Gasteiger partial charge in [-0.3, -0.25) is 4.68 Å². The van der Waals surface area contributed by atoms with Crippen molar-refractivity contribution in [1.82, 2.24) is 9.78 Å². The van der Waals surface area contributed by atoms with Gasteiger partial charge < -0.3 is 0 Å². The van der Waals surface area contributed by atoms with Crippen molar-refractivity contribution in [3.05, 3.63) is 18.0 Å². The lowest BCUT2D eigenvalue weighted by Crippen LogP contribution is -1.97. The van der Waals surface area contributed by atoms with Gasteiger partial charge in [-0.15, -0.1) is 0 Å². The van der Waals surface area contributed by atoms with E-state index in [-0.39, 0.29) is 0 Å². The van der Waals surface area contributed by atoms with Crippen molar-refractivity contribution in [3.63, 3.8) is 0 Å². The predicted molar refractivity (Wildman–Crippen MR) is 69.6 cm³/mol. The molecule has 0 aliphatic rings. The fourth-order valence-electron chi connectivity index (χ4n) is 1.96. The van der Waals surface area contributed by atoms with Gasteiger partial charge in [-0.25, -0.2) is 0 Å². The summed E-state index contributed by atoms with van der Waals surface area (Å²) in [4.78, 5) is 0. The molecule has 1 heterocycles. The van der Waals surface area contributed by atoms with Crippen molar-refractivity contribution >= 4 is 0 Å². The van der Waals surface area contributed by atoms with E-state index in [0.717, 1.165) is 0 Å². The van der Waals surface area contributed by atoms with Crippen LogP contribution < -0.4 is 0 Å². The molecule has 1 aromatic rings. The average Bonchev–Trinajstić information content (AvgIpc) is 2.80. The fraction of sp³-hybridized carbons (Fsp3) is 0.714. The zero-order valence-corrected chi connectivity index (χ0v) is 11.0. The zero-order valence-electron chi connectivity index (χ0n) is 11.0. The largest absolute Gasteiger partial charge is 0.271 e. The normalized spacial score (nSPS) is 12.3. The van der Waals surface area contributed by atoms with E-state index in [0.29, 0.717) is 18.9 Å². The Kier molecular flexibility index (Phi) is 6.39. The Balaban J connectivity index is 2.33. The van der Waals surface area contributed by atoms with Gasteiger partial charge in [-0.05, 0) is 17.9 Å². The Hall–Kier alpha value is -1.30. The third-order valence-electron chi connectivity index (χ3n) is 3.17. The molecular weight excluding hydrogens is 210 g/mol. The summed E-state index contributed by atoms with van der Waals surface area (Å²) in [6.45, 7) is 5.21. The molecule has 3 nitrogen and oxygen atoms in total. The first kappa shape index (κ1) is 13.8. The zero-order chi connectivity index (χ0) is 12.5. The first-order chi connectivity index (χ1) is 8.27. The van der Waals surface area contributed by atoms with Crippen LogP contribution in [0.4, 0.5) is 0 Å². The maximum atomic E-state index is 8.52. The highest BCUT2D eigenvalue weighted by molar-refractivity contribution is 5.09. The van der Waals surface area contributed by atoms with Crippen molar-refractivity contribution in [1.29, 1.82) is 5.26 Å². The number of hydrogen-bond donors (Lipinski definition) is 0. The van der Waals surface area contributed by atoms with Crippen molar-refractivity contribution < 1.29 is 0 Å². The Labute approximate surface area is 104 Å². The van der Waals surface area contributed by atoms with Crippen LogP contribution in [0.15, 0.2) is 12.4 Å². The maximum Gasteiger partial charge on any atom is 0.0641 e. The van der Waals surface area contributed by atoms with Gasteiger partial charge in [0.25, 0.3) is 0 Å². The summed E-state index contributed by atoms with van der Waals surface area (Å²) < 4.78 is 1.88. The monoisotopic (exact) mass is 233 g/mol. The van der Waals surface area contributed by atoms with E-state index in [1.165, 1.54) is 37.7 Å². The molecule has 0 aliphatic heterocycles. The summed E-state index contributed by atoms with van der Waals surface area (Å²) in [5, 5.41) is 12.8. The molecule has 0 N–H and O–H groups in total. The average molecular weight is 233 g/mol. The van der Waals surface area contributed by atoms with Gasteiger partial charge in [-0.1, -0.05) is 39.5 Å². The lowest BCUT2D eigenvalue weighted by atomic mass is 9.97. The van der Waals surface area contributed by atoms with Gasteiger partial charge in [0.05, 0.1) is 25.2 Å². The molecule has 1 rings (SSSR count). The van der Waals surface area contributed by atoms with Crippen LogP contribution in [0.2, 0.25) is 0 Å². The summed E-state index contributed by atoms with van der Waals surface area (Å²) in [5.41, 5.74) is 1.31. The highest BCUT2D eigenvalue weighted by Gasteiger charge is 2.07. The van der Waals surface area contributed by atoms with Gasteiger partial charge >= 0.3 is 0 Å². The number of hydrogen-bond acceptors (Lipinski definition) is 2. The fourth-order valence-corrected chi connectivity index (χ4v) is 1.96. The van der Waals surface area contributed by atoms with E-state index >= 15 is 0 Å². The van der Waals surface area contributed by atoms with Crippen LogP contribution in [-0.2, 0) is 6.54 Å². The molecule has 0 radical (unpaired) electrons. The Morgan fingerprint density at radius 2 is 2.24 bits per heavy atom. The topological polar surface area (TPSA) is 41.6 Å². The first-order valence-corrected chi connectivity index (χ1v) is 6.67. The van der Waals surface area contributed by atoms with Crippen molar-refractivity contribution in [2.24, 2.45) is 0 Å². The summed E-state index contributed by atoms with van der Waals surface area (Å²) in [5.74, 6) is 0.586. The number of unbranched alkanes of at least 4 members (excludes halogenated alkanes) is 3. The van der Waals surface area contributed by atoms with Crippen LogP contribution >= 0.6 is 0 Å². The van der Waals surface area contributed by atoms with Crippen LogP contribution in [0.25, 0.3) is 0 Å². The number of aromatic nitrogens is 2. The van der Waals surface area contributed by atoms with Gasteiger partial charge in [0.15, 0.2) is 0 Å². The molecule has 3 heteroatoms. The molecular formula is C14H23N3. The molecule has 0 bridgehead atoms. The molecule has 94 valence electrons. The minimum absolute atomic E-state index is 0.534. The second-order valence-corrected chi connectivity index (χ2v) is 4.70. The molecule has 0 saturated carbocycles. The molecule has 0 fully saturated rings. The van der Waals surface area contributed by atoms with Crippen molar-refractivity contribution in [3.8, 4) is 6.07 Å². The molecule has 0 aliphatic carbocycles. The number of aryl methyl sites for hydroxylation is 1. The molecule has 0 aromatic carbocycles. The molecule has 0 spiro atoms. The van der Waals surface area contributed by atoms with E-state index in [2.05, 4.69) is 31.2 Å². The quantitative estimate of drug-likeness (QED) is 0.639. The second kappa shape index (κ2) is 7.89. The highest BCUT2D eigenvalue weighted by Crippen LogP contribution is 2.21. The number of nitrogens with zero attached hydrogens (tertiary/aromatic N) is 3. The Bertz CT molecular complexity index is 349. The van der Waals surface area contributed by atoms with E-state index in [1.54, 1.807) is 0 Å². The summed E-state index contributed by atoms with van der Waals surface area (Å²) in [6, 6.07) is 2.14. The molecule has 1 atom stereocenters. The predicted octanol–water partition coefficient (Wildman–Crippen LogP) is 3.87. The van der Waals surface area contributed by atoms with Gasteiger partial charge in [-0.2, -0.15) is 10.4 Å². The Morgan fingerprint density at radius 1 is 1.41 bits per heavy atom. The first-order valence-electron chi connectivity index (χ1n) is 6.67. The van der Waals surface area contributed by atoms with E-state index in [1.807, 2.05) is 10.9 Å².